The van der Waals surface area contributed by atoms with E-state index in [1.807, 2.05) is 6.92 Å². The lowest BCUT2D eigenvalue weighted by molar-refractivity contribution is -0.144. The van der Waals surface area contributed by atoms with E-state index in [1.165, 1.54) is 0 Å². The summed E-state index contributed by atoms with van der Waals surface area (Å²) in [4.78, 5) is 23.4. The fourth-order valence-corrected chi connectivity index (χ4v) is 1.96. The number of carboxylic acids is 1. The third-order valence-corrected chi connectivity index (χ3v) is 3.37. The second kappa shape index (κ2) is 5.71. The fourth-order valence-electron chi connectivity index (χ4n) is 1.96. The number of hydrogen-bond donors (Lipinski definition) is 2. The molecule has 0 spiro atoms. The number of amides is 1. The minimum Gasteiger partial charge on any atom is -0.480 e. The van der Waals surface area contributed by atoms with Crippen molar-refractivity contribution >= 4 is 11.9 Å². The van der Waals surface area contributed by atoms with Gasteiger partial charge in [-0.1, -0.05) is 13.8 Å². The lowest BCUT2D eigenvalue weighted by atomic mass is 9.93. The molecule has 0 fully saturated rings. The summed E-state index contributed by atoms with van der Waals surface area (Å²) in [6, 6.07) is 3.47. The summed E-state index contributed by atoms with van der Waals surface area (Å²) in [5.74, 6) is -1.33. The average Bonchev–Trinajstić information content (AvgIpc) is 2.83. The summed E-state index contributed by atoms with van der Waals surface area (Å²) < 4.78 is 1.78. The Morgan fingerprint density at radius 3 is 2.39 bits per heavy atom. The third-order valence-electron chi connectivity index (χ3n) is 3.37. The van der Waals surface area contributed by atoms with Crippen LogP contribution in [0.5, 0.6) is 0 Å². The highest BCUT2D eigenvalue weighted by molar-refractivity contribution is 5.96. The predicted molar refractivity (Wildman–Crippen MR) is 68.5 cm³/mol. The highest BCUT2D eigenvalue weighted by Gasteiger charge is 2.36. The lowest BCUT2D eigenvalue weighted by Crippen LogP contribution is -2.54. The molecule has 1 rings (SSSR count). The van der Waals surface area contributed by atoms with Gasteiger partial charge in [-0.2, -0.15) is 0 Å². The van der Waals surface area contributed by atoms with Crippen LogP contribution in [0.4, 0.5) is 0 Å². The first kappa shape index (κ1) is 14.3. The first-order valence-corrected chi connectivity index (χ1v) is 6.21. The molecule has 5 nitrogen and oxygen atoms in total. The minimum atomic E-state index is -1.18. The van der Waals surface area contributed by atoms with Gasteiger partial charge in [-0.25, -0.2) is 4.79 Å². The summed E-state index contributed by atoms with van der Waals surface area (Å²) in [6.07, 6.45) is 2.52. The van der Waals surface area contributed by atoms with Crippen LogP contribution < -0.4 is 5.32 Å². The maximum atomic E-state index is 12.1. The van der Waals surface area contributed by atoms with E-state index in [9.17, 15) is 14.7 Å². The second-order valence-corrected chi connectivity index (χ2v) is 4.23. The standard InChI is InChI=1S/C13H20N2O3/c1-4-13(5-2,12(17)18)14-11(16)10-8-7-9-15(10)6-3/h7-9H,4-6H2,1-3H3,(H,14,16)(H,17,18). The molecule has 18 heavy (non-hydrogen) atoms. The predicted octanol–water partition coefficient (Wildman–Crippen LogP) is 1.88. The van der Waals surface area contributed by atoms with Crippen molar-refractivity contribution in [2.24, 2.45) is 0 Å². The molecule has 0 aliphatic carbocycles. The molecule has 0 aromatic carbocycles. The van der Waals surface area contributed by atoms with Gasteiger partial charge in [-0.05, 0) is 31.9 Å². The average molecular weight is 252 g/mol. The van der Waals surface area contributed by atoms with Crippen molar-refractivity contribution in [1.82, 2.24) is 9.88 Å². The van der Waals surface area contributed by atoms with Gasteiger partial charge in [0.15, 0.2) is 0 Å². The molecule has 1 heterocycles. The van der Waals surface area contributed by atoms with Crippen LogP contribution in [0.25, 0.3) is 0 Å². The van der Waals surface area contributed by atoms with E-state index in [2.05, 4.69) is 5.32 Å². The van der Waals surface area contributed by atoms with E-state index in [4.69, 9.17) is 0 Å². The molecule has 0 atom stereocenters. The van der Waals surface area contributed by atoms with Crippen molar-refractivity contribution in [2.75, 3.05) is 0 Å². The number of hydrogen-bond acceptors (Lipinski definition) is 2. The van der Waals surface area contributed by atoms with Gasteiger partial charge in [0.25, 0.3) is 5.91 Å². The van der Waals surface area contributed by atoms with Crippen molar-refractivity contribution in [2.45, 2.75) is 45.7 Å². The largest absolute Gasteiger partial charge is 0.480 e. The Kier molecular flexibility index (Phi) is 4.53. The minimum absolute atomic E-state index is 0.340. The van der Waals surface area contributed by atoms with E-state index >= 15 is 0 Å². The Morgan fingerprint density at radius 1 is 1.33 bits per heavy atom. The molecule has 0 unspecified atom stereocenters. The first-order valence-electron chi connectivity index (χ1n) is 6.21. The molecule has 0 bridgehead atoms. The van der Waals surface area contributed by atoms with E-state index in [1.54, 1.807) is 36.7 Å². The number of carbonyl (C=O) groups is 2. The summed E-state index contributed by atoms with van der Waals surface area (Å²) in [5.41, 5.74) is -0.690. The number of nitrogens with one attached hydrogen (secondary N) is 1. The van der Waals surface area contributed by atoms with Gasteiger partial charge in [-0.3, -0.25) is 4.79 Å². The smallest absolute Gasteiger partial charge is 0.329 e. The van der Waals surface area contributed by atoms with Crippen LogP contribution in [0.15, 0.2) is 18.3 Å². The van der Waals surface area contributed by atoms with Gasteiger partial charge in [-0.15, -0.1) is 0 Å². The topological polar surface area (TPSA) is 71.3 Å². The number of carboxylic acid groups (broad SMARTS) is 1. The summed E-state index contributed by atoms with van der Waals surface area (Å²) in [7, 11) is 0. The SMILES string of the molecule is CCn1cccc1C(=O)NC(CC)(CC)C(=O)O. The Labute approximate surface area is 107 Å². The first-order chi connectivity index (χ1) is 8.50. The highest BCUT2D eigenvalue weighted by Crippen LogP contribution is 2.16. The van der Waals surface area contributed by atoms with Gasteiger partial charge < -0.3 is 15.0 Å². The van der Waals surface area contributed by atoms with Crippen LogP contribution in [-0.2, 0) is 11.3 Å². The molecule has 1 aromatic heterocycles. The number of rotatable bonds is 6. The van der Waals surface area contributed by atoms with Gasteiger partial charge in [0, 0.05) is 12.7 Å². The summed E-state index contributed by atoms with van der Waals surface area (Å²) >= 11 is 0. The molecular weight excluding hydrogens is 232 g/mol. The molecule has 5 heteroatoms. The monoisotopic (exact) mass is 252 g/mol. The van der Waals surface area contributed by atoms with Crippen LogP contribution in [0, 0.1) is 0 Å². The van der Waals surface area contributed by atoms with Crippen LogP contribution in [0.2, 0.25) is 0 Å². The molecule has 100 valence electrons. The maximum absolute atomic E-state index is 12.1. The molecule has 0 aliphatic heterocycles. The highest BCUT2D eigenvalue weighted by atomic mass is 16.4. The van der Waals surface area contributed by atoms with Crippen molar-refractivity contribution in [1.29, 1.82) is 0 Å². The van der Waals surface area contributed by atoms with Crippen molar-refractivity contribution < 1.29 is 14.7 Å². The van der Waals surface area contributed by atoms with Gasteiger partial charge in [0.1, 0.15) is 11.2 Å². The zero-order chi connectivity index (χ0) is 13.8. The van der Waals surface area contributed by atoms with Crippen molar-refractivity contribution in [3.8, 4) is 0 Å². The number of nitrogens with zero attached hydrogens (tertiary/aromatic N) is 1. The van der Waals surface area contributed by atoms with Crippen LogP contribution in [-0.4, -0.2) is 27.1 Å². The van der Waals surface area contributed by atoms with Crippen molar-refractivity contribution in [3.05, 3.63) is 24.0 Å². The molecule has 2 N–H and O–H groups in total. The summed E-state index contributed by atoms with van der Waals surface area (Å²) in [5, 5.41) is 11.9. The third kappa shape index (κ3) is 2.55. The molecule has 1 amide bonds. The lowest BCUT2D eigenvalue weighted by Gasteiger charge is -2.28. The van der Waals surface area contributed by atoms with Crippen molar-refractivity contribution in [3.63, 3.8) is 0 Å². The molecule has 0 saturated carbocycles. The normalized spacial score (nSPS) is 11.3. The van der Waals surface area contributed by atoms with E-state index < -0.39 is 11.5 Å². The number of aliphatic carboxylic acids is 1. The van der Waals surface area contributed by atoms with Gasteiger partial charge in [0.2, 0.25) is 0 Å². The number of aromatic nitrogens is 1. The molecule has 0 saturated heterocycles. The Balaban J connectivity index is 2.95. The molecular formula is C13H20N2O3. The van der Waals surface area contributed by atoms with Crippen LogP contribution in [0.1, 0.15) is 44.1 Å². The maximum Gasteiger partial charge on any atom is 0.329 e. The van der Waals surface area contributed by atoms with Gasteiger partial charge in [0.05, 0.1) is 0 Å². The molecule has 0 radical (unpaired) electrons. The summed E-state index contributed by atoms with van der Waals surface area (Å²) in [6.45, 7) is 6.13. The Morgan fingerprint density at radius 2 is 1.94 bits per heavy atom. The fraction of sp³-hybridized carbons (Fsp3) is 0.538. The Hall–Kier alpha value is -1.78. The Bertz CT molecular complexity index is 433. The molecule has 0 aliphatic rings. The van der Waals surface area contributed by atoms with E-state index in [-0.39, 0.29) is 5.91 Å². The quantitative estimate of drug-likeness (QED) is 0.812. The number of aryl methyl sites for hydroxylation is 1. The molecule has 1 aromatic rings. The zero-order valence-corrected chi connectivity index (χ0v) is 11.1. The van der Waals surface area contributed by atoms with Crippen LogP contribution in [0.3, 0.4) is 0 Å². The zero-order valence-electron chi connectivity index (χ0n) is 11.1. The second-order valence-electron chi connectivity index (χ2n) is 4.23. The number of carbonyl (C=O) groups excluding carboxylic acids is 1. The van der Waals surface area contributed by atoms with E-state index in [0.29, 0.717) is 25.1 Å². The van der Waals surface area contributed by atoms with Crippen LogP contribution >= 0.6 is 0 Å². The van der Waals surface area contributed by atoms with E-state index in [0.717, 1.165) is 0 Å². The van der Waals surface area contributed by atoms with Gasteiger partial charge >= 0.3 is 5.97 Å².